The molecule has 1 aliphatic rings. The highest BCUT2D eigenvalue weighted by Crippen LogP contribution is 2.27. The Labute approximate surface area is 200 Å². The number of rotatable bonds is 6. The van der Waals surface area contributed by atoms with Crippen molar-refractivity contribution in [2.75, 3.05) is 20.2 Å². The fraction of sp³-hybridized carbons (Fsp3) is 0.364. The van der Waals surface area contributed by atoms with Crippen molar-refractivity contribution in [1.82, 2.24) is 29.9 Å². The predicted octanol–water partition coefficient (Wildman–Crippen LogP) is 3.34. The van der Waals surface area contributed by atoms with Gasteiger partial charge in [0, 0.05) is 36.3 Å². The van der Waals surface area contributed by atoms with Crippen molar-refractivity contribution >= 4 is 35.2 Å². The molecule has 0 saturated carbocycles. The van der Waals surface area contributed by atoms with E-state index >= 15 is 0 Å². The van der Waals surface area contributed by atoms with Gasteiger partial charge in [-0.05, 0) is 43.5 Å². The number of halogens is 1. The molecule has 3 heterocycles. The van der Waals surface area contributed by atoms with Gasteiger partial charge in [-0.15, -0.1) is 5.10 Å². The van der Waals surface area contributed by atoms with Crippen LogP contribution in [0.3, 0.4) is 0 Å². The average molecular weight is 487 g/mol. The van der Waals surface area contributed by atoms with Crippen molar-refractivity contribution in [3.63, 3.8) is 0 Å². The first-order chi connectivity index (χ1) is 16.0. The zero-order valence-electron chi connectivity index (χ0n) is 18.3. The fourth-order valence-corrected chi connectivity index (χ4v) is 4.62. The summed E-state index contributed by atoms with van der Waals surface area (Å²) in [5, 5.41) is 9.70. The summed E-state index contributed by atoms with van der Waals surface area (Å²) in [6.07, 6.45) is 4.45. The summed E-state index contributed by atoms with van der Waals surface area (Å²) < 4.78 is 6.47. The number of esters is 1. The number of likely N-dealkylation sites (tertiary alicyclic amines) is 1. The zero-order chi connectivity index (χ0) is 23.4. The molecule has 0 unspecified atom stereocenters. The van der Waals surface area contributed by atoms with Crippen LogP contribution in [0.2, 0.25) is 5.02 Å². The summed E-state index contributed by atoms with van der Waals surface area (Å²) in [6, 6.07) is 7.33. The number of aromatic nitrogens is 5. The van der Waals surface area contributed by atoms with E-state index in [2.05, 4.69) is 20.3 Å². The normalized spacial score (nSPS) is 14.3. The Morgan fingerprint density at radius 1 is 1.21 bits per heavy atom. The summed E-state index contributed by atoms with van der Waals surface area (Å²) in [4.78, 5) is 35.4. The van der Waals surface area contributed by atoms with Crippen molar-refractivity contribution in [2.45, 2.75) is 30.7 Å². The zero-order valence-corrected chi connectivity index (χ0v) is 19.8. The molecule has 0 bridgehead atoms. The summed E-state index contributed by atoms with van der Waals surface area (Å²) in [7, 11) is 1.38. The van der Waals surface area contributed by atoms with Gasteiger partial charge in [0.05, 0.1) is 24.4 Å². The molecule has 3 aromatic rings. The highest BCUT2D eigenvalue weighted by molar-refractivity contribution is 7.98. The number of carbonyl (C=O) groups excluding carboxylic acids is 2. The lowest BCUT2D eigenvalue weighted by atomic mass is 9.97. The van der Waals surface area contributed by atoms with Gasteiger partial charge in [0.2, 0.25) is 0 Å². The minimum atomic E-state index is -0.232. The topological polar surface area (TPSA) is 103 Å². The monoisotopic (exact) mass is 486 g/mol. The Kier molecular flexibility index (Phi) is 7.24. The second-order valence-electron chi connectivity index (χ2n) is 7.64. The molecule has 1 saturated heterocycles. The van der Waals surface area contributed by atoms with Crippen molar-refractivity contribution in [3.8, 4) is 5.69 Å². The van der Waals surface area contributed by atoms with E-state index in [1.807, 2.05) is 19.1 Å². The number of hydrogen-bond donors (Lipinski definition) is 0. The van der Waals surface area contributed by atoms with Crippen LogP contribution in [0.15, 0.2) is 41.8 Å². The maximum absolute atomic E-state index is 13.4. The number of ether oxygens (including phenoxy) is 1. The summed E-state index contributed by atoms with van der Waals surface area (Å²) in [5.74, 6) is -0.242. The van der Waals surface area contributed by atoms with Gasteiger partial charge in [-0.1, -0.05) is 34.6 Å². The van der Waals surface area contributed by atoms with Gasteiger partial charge in [-0.25, -0.2) is 14.6 Å². The highest BCUT2D eigenvalue weighted by Gasteiger charge is 2.31. The number of aryl methyl sites for hydroxylation is 1. The Morgan fingerprint density at radius 3 is 2.61 bits per heavy atom. The van der Waals surface area contributed by atoms with Crippen LogP contribution in [0.1, 0.15) is 34.6 Å². The number of amides is 1. The number of carbonyl (C=O) groups is 2. The van der Waals surface area contributed by atoms with Gasteiger partial charge in [0.25, 0.3) is 5.91 Å². The average Bonchev–Trinajstić information content (AvgIpc) is 3.28. The van der Waals surface area contributed by atoms with Gasteiger partial charge in [0.1, 0.15) is 0 Å². The SMILES string of the molecule is COC(=O)C1CCN(C(=O)c2nnn(-c3ccc(C)c(Cl)c3)c2CSc2ncccn2)CC1. The molecule has 0 aliphatic carbocycles. The molecule has 33 heavy (non-hydrogen) atoms. The quantitative estimate of drug-likeness (QED) is 0.297. The van der Waals surface area contributed by atoms with Gasteiger partial charge < -0.3 is 9.64 Å². The lowest BCUT2D eigenvalue weighted by molar-refractivity contribution is -0.146. The van der Waals surface area contributed by atoms with E-state index in [0.717, 1.165) is 5.56 Å². The van der Waals surface area contributed by atoms with Gasteiger partial charge in [-0.3, -0.25) is 9.59 Å². The van der Waals surface area contributed by atoms with Crippen LogP contribution < -0.4 is 0 Å². The molecule has 1 aliphatic heterocycles. The van der Waals surface area contributed by atoms with Gasteiger partial charge in [-0.2, -0.15) is 0 Å². The number of piperidine rings is 1. The van der Waals surface area contributed by atoms with Crippen molar-refractivity contribution in [3.05, 3.63) is 58.6 Å². The molecule has 0 radical (unpaired) electrons. The Morgan fingerprint density at radius 2 is 1.94 bits per heavy atom. The minimum absolute atomic E-state index is 0.185. The summed E-state index contributed by atoms with van der Waals surface area (Å²) >= 11 is 7.72. The molecule has 0 N–H and O–H groups in total. The second-order valence-corrected chi connectivity index (χ2v) is 8.99. The maximum Gasteiger partial charge on any atom is 0.308 e. The molecule has 1 aromatic carbocycles. The van der Waals surface area contributed by atoms with Gasteiger partial charge >= 0.3 is 5.97 Å². The molecular formula is C22H23ClN6O3S. The van der Waals surface area contributed by atoms with E-state index < -0.39 is 0 Å². The van der Waals surface area contributed by atoms with Crippen LogP contribution in [-0.4, -0.2) is 61.9 Å². The van der Waals surface area contributed by atoms with Crippen LogP contribution >= 0.6 is 23.4 Å². The second kappa shape index (κ2) is 10.3. The van der Waals surface area contributed by atoms with Crippen LogP contribution in [0.5, 0.6) is 0 Å². The number of nitrogens with zero attached hydrogens (tertiary/aromatic N) is 6. The van der Waals surface area contributed by atoms with E-state index in [1.54, 1.807) is 34.1 Å². The molecule has 0 spiro atoms. The molecule has 4 rings (SSSR count). The van der Waals surface area contributed by atoms with E-state index in [9.17, 15) is 9.59 Å². The fourth-order valence-electron chi connectivity index (χ4n) is 3.65. The molecular weight excluding hydrogens is 464 g/mol. The van der Waals surface area contributed by atoms with E-state index in [4.69, 9.17) is 16.3 Å². The first kappa shape index (κ1) is 23.2. The number of hydrogen-bond acceptors (Lipinski definition) is 8. The van der Waals surface area contributed by atoms with E-state index in [0.29, 0.717) is 53.2 Å². The largest absolute Gasteiger partial charge is 0.469 e. The molecule has 11 heteroatoms. The number of methoxy groups -OCH3 is 1. The third-order valence-corrected chi connectivity index (χ3v) is 6.86. The Balaban J connectivity index is 1.61. The molecule has 2 aromatic heterocycles. The Bertz CT molecular complexity index is 1150. The highest BCUT2D eigenvalue weighted by atomic mass is 35.5. The molecule has 1 amide bonds. The molecule has 9 nitrogen and oxygen atoms in total. The van der Waals surface area contributed by atoms with Crippen LogP contribution in [-0.2, 0) is 15.3 Å². The third-order valence-electron chi connectivity index (χ3n) is 5.56. The summed E-state index contributed by atoms with van der Waals surface area (Å²) in [6.45, 7) is 2.83. The molecule has 1 fully saturated rings. The smallest absolute Gasteiger partial charge is 0.308 e. The number of benzene rings is 1. The van der Waals surface area contributed by atoms with E-state index in [-0.39, 0.29) is 23.5 Å². The first-order valence-electron chi connectivity index (χ1n) is 10.5. The number of thioether (sulfide) groups is 1. The lowest BCUT2D eigenvalue weighted by Crippen LogP contribution is -2.41. The molecule has 172 valence electrons. The third kappa shape index (κ3) is 5.17. The molecule has 0 atom stereocenters. The predicted molar refractivity (Wildman–Crippen MR) is 123 cm³/mol. The lowest BCUT2D eigenvalue weighted by Gasteiger charge is -2.30. The van der Waals surface area contributed by atoms with Crippen molar-refractivity contribution in [1.29, 1.82) is 0 Å². The van der Waals surface area contributed by atoms with Crippen molar-refractivity contribution < 1.29 is 14.3 Å². The minimum Gasteiger partial charge on any atom is -0.469 e. The summed E-state index contributed by atoms with van der Waals surface area (Å²) in [5.41, 5.74) is 2.56. The van der Waals surface area contributed by atoms with E-state index in [1.165, 1.54) is 18.9 Å². The van der Waals surface area contributed by atoms with Crippen molar-refractivity contribution in [2.24, 2.45) is 5.92 Å². The van der Waals surface area contributed by atoms with Gasteiger partial charge in [0.15, 0.2) is 10.9 Å². The standard InChI is InChI=1S/C22H23ClN6O3S/c1-14-4-5-16(12-17(14)23)29-18(13-33-22-24-8-3-9-25-22)19(26-27-29)20(30)28-10-6-15(7-11-28)21(31)32-2/h3-5,8-9,12,15H,6-7,10-11,13H2,1-2H3. The van der Waals surface area contributed by atoms with Crippen LogP contribution in [0.25, 0.3) is 5.69 Å². The Hall–Kier alpha value is -2.98. The maximum atomic E-state index is 13.4. The first-order valence-corrected chi connectivity index (χ1v) is 11.8. The van der Waals surface area contributed by atoms with Crippen LogP contribution in [0.4, 0.5) is 0 Å². The van der Waals surface area contributed by atoms with Crippen LogP contribution in [0, 0.1) is 12.8 Å².